The molecule has 4 N–H and O–H groups in total. The molecule has 0 spiro atoms. The summed E-state index contributed by atoms with van der Waals surface area (Å²) in [7, 11) is 0. The number of aromatic nitrogens is 3. The van der Waals surface area contributed by atoms with E-state index >= 15 is 0 Å². The van der Waals surface area contributed by atoms with E-state index in [9.17, 15) is 0 Å². The Morgan fingerprint density at radius 3 is 2.36 bits per heavy atom. The SMILES string of the molecule is Nc1c(Nc2ccncc2)ncnc1NC1CCCCCC1. The van der Waals surface area contributed by atoms with Crippen LogP contribution in [-0.4, -0.2) is 21.0 Å². The predicted octanol–water partition coefficient (Wildman–Crippen LogP) is 3.33. The van der Waals surface area contributed by atoms with Crippen molar-refractivity contribution in [3.8, 4) is 0 Å². The first-order valence-electron chi connectivity index (χ1n) is 7.87. The predicted molar refractivity (Wildman–Crippen MR) is 89.1 cm³/mol. The third kappa shape index (κ3) is 3.63. The molecular formula is C16H22N6. The van der Waals surface area contributed by atoms with Gasteiger partial charge in [0.05, 0.1) is 0 Å². The van der Waals surface area contributed by atoms with Crippen molar-refractivity contribution >= 4 is 23.0 Å². The fraction of sp³-hybridized carbons (Fsp3) is 0.438. The lowest BCUT2D eigenvalue weighted by atomic mass is 10.1. The molecule has 22 heavy (non-hydrogen) atoms. The molecule has 1 fully saturated rings. The van der Waals surface area contributed by atoms with Crippen LogP contribution in [0.5, 0.6) is 0 Å². The largest absolute Gasteiger partial charge is 0.393 e. The van der Waals surface area contributed by atoms with Crippen molar-refractivity contribution in [3.05, 3.63) is 30.9 Å². The lowest BCUT2D eigenvalue weighted by molar-refractivity contribution is 0.618. The number of nitrogen functional groups attached to an aromatic ring is 1. The molecule has 0 amide bonds. The van der Waals surface area contributed by atoms with E-state index in [1.807, 2.05) is 12.1 Å². The molecule has 0 aliphatic heterocycles. The Hall–Kier alpha value is -2.37. The monoisotopic (exact) mass is 298 g/mol. The second-order valence-corrected chi connectivity index (χ2v) is 5.68. The highest BCUT2D eigenvalue weighted by atomic mass is 15.1. The number of nitrogens with two attached hydrogens (primary N) is 1. The minimum Gasteiger partial charge on any atom is -0.393 e. The third-order valence-corrected chi connectivity index (χ3v) is 4.02. The summed E-state index contributed by atoms with van der Waals surface area (Å²) in [5, 5.41) is 6.69. The van der Waals surface area contributed by atoms with Crippen LogP contribution in [0, 0.1) is 0 Å². The second kappa shape index (κ2) is 7.06. The van der Waals surface area contributed by atoms with Gasteiger partial charge in [-0.2, -0.15) is 0 Å². The number of anilines is 4. The zero-order chi connectivity index (χ0) is 15.2. The van der Waals surface area contributed by atoms with E-state index in [0.717, 1.165) is 11.5 Å². The van der Waals surface area contributed by atoms with Crippen LogP contribution in [0.25, 0.3) is 0 Å². The Bertz CT molecular complexity index is 593. The zero-order valence-electron chi connectivity index (χ0n) is 12.6. The second-order valence-electron chi connectivity index (χ2n) is 5.68. The number of pyridine rings is 1. The number of rotatable bonds is 4. The molecule has 116 valence electrons. The Labute approximate surface area is 130 Å². The quantitative estimate of drug-likeness (QED) is 0.750. The van der Waals surface area contributed by atoms with Crippen molar-refractivity contribution in [2.24, 2.45) is 0 Å². The van der Waals surface area contributed by atoms with Gasteiger partial charge in [0.1, 0.15) is 12.0 Å². The number of nitrogens with zero attached hydrogens (tertiary/aromatic N) is 3. The van der Waals surface area contributed by atoms with Gasteiger partial charge in [0.25, 0.3) is 0 Å². The summed E-state index contributed by atoms with van der Waals surface area (Å²) in [6.45, 7) is 0. The molecule has 6 nitrogen and oxygen atoms in total. The van der Waals surface area contributed by atoms with Crippen molar-refractivity contribution in [3.63, 3.8) is 0 Å². The van der Waals surface area contributed by atoms with Crippen LogP contribution in [0.1, 0.15) is 38.5 Å². The first-order valence-corrected chi connectivity index (χ1v) is 7.87. The van der Waals surface area contributed by atoms with Gasteiger partial charge in [-0.15, -0.1) is 0 Å². The number of hydrogen-bond acceptors (Lipinski definition) is 6. The Morgan fingerprint density at radius 2 is 1.64 bits per heavy atom. The van der Waals surface area contributed by atoms with Gasteiger partial charge in [-0.05, 0) is 25.0 Å². The van der Waals surface area contributed by atoms with Gasteiger partial charge >= 0.3 is 0 Å². The molecule has 0 radical (unpaired) electrons. The number of nitrogens with one attached hydrogen (secondary N) is 2. The van der Waals surface area contributed by atoms with Gasteiger partial charge in [-0.1, -0.05) is 25.7 Å². The first kappa shape index (κ1) is 14.6. The average Bonchev–Trinajstić information content (AvgIpc) is 2.81. The van der Waals surface area contributed by atoms with Gasteiger partial charge in [0, 0.05) is 24.1 Å². The Balaban J connectivity index is 1.73. The molecular weight excluding hydrogens is 276 g/mol. The van der Waals surface area contributed by atoms with Crippen molar-refractivity contribution < 1.29 is 0 Å². The van der Waals surface area contributed by atoms with Crippen LogP contribution in [0.2, 0.25) is 0 Å². The normalized spacial score (nSPS) is 16.0. The minimum atomic E-state index is 0.452. The van der Waals surface area contributed by atoms with E-state index in [-0.39, 0.29) is 0 Å². The fourth-order valence-corrected chi connectivity index (χ4v) is 2.80. The summed E-state index contributed by atoms with van der Waals surface area (Å²) in [6.07, 6.45) is 12.5. The van der Waals surface area contributed by atoms with Gasteiger partial charge in [-0.3, -0.25) is 4.98 Å². The molecule has 2 aromatic rings. The zero-order valence-corrected chi connectivity index (χ0v) is 12.6. The van der Waals surface area contributed by atoms with Crippen molar-refractivity contribution in [2.75, 3.05) is 16.4 Å². The van der Waals surface area contributed by atoms with Crippen LogP contribution in [0.4, 0.5) is 23.0 Å². The summed E-state index contributed by atoms with van der Waals surface area (Å²) < 4.78 is 0. The average molecular weight is 298 g/mol. The summed E-state index contributed by atoms with van der Waals surface area (Å²) in [5.41, 5.74) is 7.68. The number of hydrogen-bond donors (Lipinski definition) is 3. The summed E-state index contributed by atoms with van der Waals surface area (Å²) in [5.74, 6) is 1.34. The molecule has 0 atom stereocenters. The summed E-state index contributed by atoms with van der Waals surface area (Å²) in [4.78, 5) is 12.5. The maximum absolute atomic E-state index is 6.22. The van der Waals surface area contributed by atoms with E-state index < -0.39 is 0 Å². The fourth-order valence-electron chi connectivity index (χ4n) is 2.80. The molecule has 0 bridgehead atoms. The molecule has 1 saturated carbocycles. The van der Waals surface area contributed by atoms with Crippen molar-refractivity contribution in [1.29, 1.82) is 0 Å². The van der Waals surface area contributed by atoms with Crippen LogP contribution >= 0.6 is 0 Å². The van der Waals surface area contributed by atoms with E-state index in [4.69, 9.17) is 5.73 Å². The van der Waals surface area contributed by atoms with Crippen molar-refractivity contribution in [2.45, 2.75) is 44.6 Å². The van der Waals surface area contributed by atoms with Gasteiger partial charge in [0.15, 0.2) is 11.6 Å². The highest BCUT2D eigenvalue weighted by molar-refractivity contribution is 5.77. The van der Waals surface area contributed by atoms with Crippen LogP contribution in [-0.2, 0) is 0 Å². The van der Waals surface area contributed by atoms with Crippen LogP contribution in [0.3, 0.4) is 0 Å². The maximum atomic E-state index is 6.22. The summed E-state index contributed by atoms with van der Waals surface area (Å²) in [6, 6.07) is 4.20. The molecule has 0 saturated heterocycles. The van der Waals surface area contributed by atoms with Gasteiger partial charge < -0.3 is 16.4 Å². The van der Waals surface area contributed by atoms with E-state index in [0.29, 0.717) is 17.5 Å². The third-order valence-electron chi connectivity index (χ3n) is 4.02. The molecule has 2 aromatic heterocycles. The first-order chi connectivity index (χ1) is 10.8. The Morgan fingerprint density at radius 1 is 0.955 bits per heavy atom. The topological polar surface area (TPSA) is 88.8 Å². The Kier molecular flexibility index (Phi) is 4.68. The van der Waals surface area contributed by atoms with Crippen LogP contribution in [0.15, 0.2) is 30.9 Å². The summed E-state index contributed by atoms with van der Waals surface area (Å²) >= 11 is 0. The molecule has 0 unspecified atom stereocenters. The van der Waals surface area contributed by atoms with E-state index in [2.05, 4.69) is 25.6 Å². The maximum Gasteiger partial charge on any atom is 0.159 e. The van der Waals surface area contributed by atoms with Gasteiger partial charge in [-0.25, -0.2) is 9.97 Å². The highest BCUT2D eigenvalue weighted by Crippen LogP contribution is 2.28. The lowest BCUT2D eigenvalue weighted by Crippen LogP contribution is -2.20. The molecule has 3 rings (SSSR count). The molecule has 2 heterocycles. The molecule has 6 heteroatoms. The molecule has 1 aliphatic rings. The van der Waals surface area contributed by atoms with E-state index in [1.54, 1.807) is 18.7 Å². The highest BCUT2D eigenvalue weighted by Gasteiger charge is 2.15. The van der Waals surface area contributed by atoms with E-state index in [1.165, 1.54) is 38.5 Å². The lowest BCUT2D eigenvalue weighted by Gasteiger charge is -2.19. The smallest absolute Gasteiger partial charge is 0.159 e. The van der Waals surface area contributed by atoms with Crippen LogP contribution < -0.4 is 16.4 Å². The van der Waals surface area contributed by atoms with Crippen molar-refractivity contribution in [1.82, 2.24) is 15.0 Å². The van der Waals surface area contributed by atoms with Gasteiger partial charge in [0.2, 0.25) is 0 Å². The molecule has 0 aromatic carbocycles. The minimum absolute atomic E-state index is 0.452. The standard InChI is InChI=1S/C16H22N6/c17-14-15(21-12-5-3-1-2-4-6-12)19-11-20-16(14)22-13-7-9-18-10-8-13/h7-12H,1-6,17H2,(H2,18,19,20,21,22). The molecule has 1 aliphatic carbocycles.